The number of H-pyrrole nitrogens is 1. The number of nitrogens with one attached hydrogen (secondary N) is 1. The summed E-state index contributed by atoms with van der Waals surface area (Å²) in [6.07, 6.45) is 1.51. The number of aromatic nitrogens is 1. The lowest BCUT2D eigenvalue weighted by Crippen LogP contribution is -2.29. The average molecular weight is 486 g/mol. The van der Waals surface area contributed by atoms with Crippen LogP contribution in [0.2, 0.25) is 5.02 Å². The number of likely N-dealkylation sites (N-methyl/N-ethyl adjacent to an activating group) is 1. The number of aliphatic hydroxyl groups is 1. The minimum atomic E-state index is -0.633. The molecule has 0 spiro atoms. The van der Waals surface area contributed by atoms with Crippen molar-refractivity contribution in [3.05, 3.63) is 104 Å². The number of hydrogen-bond donors (Lipinski definition) is 3. The fourth-order valence-electron chi connectivity index (χ4n) is 3.73. The first-order chi connectivity index (χ1) is 16.2. The van der Waals surface area contributed by atoms with E-state index in [9.17, 15) is 14.8 Å². The van der Waals surface area contributed by atoms with Crippen LogP contribution >= 0.6 is 11.6 Å². The highest BCUT2D eigenvalue weighted by Gasteiger charge is 2.24. The van der Waals surface area contributed by atoms with Gasteiger partial charge >= 0.3 is 0 Å². The Hall–Kier alpha value is -3.49. The summed E-state index contributed by atoms with van der Waals surface area (Å²) in [7, 11) is 1.58. The number of carbonyl (C=O) groups is 1. The molecule has 0 aliphatic rings. The molecule has 0 saturated heterocycles. The number of oxime groups is 1. The number of pyridine rings is 1. The zero-order valence-electron chi connectivity index (χ0n) is 18.8. The number of nitrogens with zero attached hydrogens (tertiary/aromatic N) is 2. The summed E-state index contributed by atoms with van der Waals surface area (Å²) in [5, 5.41) is 22.6. The highest BCUT2D eigenvalue weighted by molar-refractivity contribution is 6.30. The maximum Gasteiger partial charge on any atom is 0.253 e. The monoisotopic (exact) mass is 485 g/mol. The number of carbonyl (C=O) groups excluding carboxylic acids is 1. The predicted molar refractivity (Wildman–Crippen MR) is 128 cm³/mol. The average Bonchev–Trinajstić information content (AvgIpc) is 2.82. The first-order valence-electron chi connectivity index (χ1n) is 10.6. The van der Waals surface area contributed by atoms with Crippen LogP contribution in [0, 0.1) is 12.7 Å². The normalized spacial score (nSPS) is 12.4. The highest BCUT2D eigenvalue weighted by atomic mass is 35.5. The molecular formula is C25H25ClFN3O4. The van der Waals surface area contributed by atoms with Crippen LogP contribution in [-0.2, 0) is 0 Å². The third-order valence-corrected chi connectivity index (χ3v) is 5.83. The first kappa shape index (κ1) is 25.1. The van der Waals surface area contributed by atoms with Crippen molar-refractivity contribution in [3.8, 4) is 0 Å². The molecule has 9 heteroatoms. The molecule has 0 aliphatic carbocycles. The number of benzene rings is 2. The van der Waals surface area contributed by atoms with Gasteiger partial charge in [0.15, 0.2) is 0 Å². The minimum absolute atomic E-state index is 0.0741. The fourth-order valence-corrected chi connectivity index (χ4v) is 3.88. The summed E-state index contributed by atoms with van der Waals surface area (Å²) in [5.41, 5.74) is 2.18. The molecule has 1 heterocycles. The van der Waals surface area contributed by atoms with Gasteiger partial charge in [0.25, 0.3) is 11.5 Å². The molecule has 1 unspecified atom stereocenters. The lowest BCUT2D eigenvalue weighted by atomic mass is 9.84. The zero-order valence-corrected chi connectivity index (χ0v) is 19.5. The van der Waals surface area contributed by atoms with Crippen molar-refractivity contribution < 1.29 is 19.5 Å². The summed E-state index contributed by atoms with van der Waals surface area (Å²) in [4.78, 5) is 28.5. The van der Waals surface area contributed by atoms with Crippen molar-refractivity contribution in [1.82, 2.24) is 9.88 Å². The van der Waals surface area contributed by atoms with Crippen molar-refractivity contribution in [2.75, 3.05) is 20.2 Å². The Morgan fingerprint density at radius 3 is 2.62 bits per heavy atom. The number of rotatable bonds is 8. The van der Waals surface area contributed by atoms with Gasteiger partial charge < -0.3 is 20.2 Å². The third-order valence-electron chi connectivity index (χ3n) is 5.60. The second-order valence-corrected chi connectivity index (χ2v) is 8.38. The zero-order chi connectivity index (χ0) is 24.8. The van der Waals surface area contributed by atoms with Gasteiger partial charge in [0.2, 0.25) is 0 Å². The van der Waals surface area contributed by atoms with Gasteiger partial charge in [-0.2, -0.15) is 0 Å². The molecule has 0 fully saturated rings. The molecule has 34 heavy (non-hydrogen) atoms. The largest absolute Gasteiger partial charge is 0.411 e. The van der Waals surface area contributed by atoms with E-state index in [1.807, 2.05) is 0 Å². The molecule has 3 aromatic rings. The molecule has 2 aromatic carbocycles. The van der Waals surface area contributed by atoms with Gasteiger partial charge in [-0.1, -0.05) is 35.0 Å². The Morgan fingerprint density at radius 2 is 1.97 bits per heavy atom. The van der Waals surface area contributed by atoms with E-state index in [-0.39, 0.29) is 41.8 Å². The minimum Gasteiger partial charge on any atom is -0.411 e. The van der Waals surface area contributed by atoms with Crippen LogP contribution in [0.3, 0.4) is 0 Å². The number of aliphatic hydroxyl groups excluding tert-OH is 1. The van der Waals surface area contributed by atoms with E-state index < -0.39 is 11.7 Å². The van der Waals surface area contributed by atoms with Crippen LogP contribution in [0.25, 0.3) is 0 Å². The molecular weight excluding hydrogens is 461 g/mol. The summed E-state index contributed by atoms with van der Waals surface area (Å²) in [6, 6.07) is 12.7. The molecule has 7 nitrogen and oxygen atoms in total. The molecule has 3 N–H and O–H groups in total. The summed E-state index contributed by atoms with van der Waals surface area (Å²) >= 11 is 5.95. The second kappa shape index (κ2) is 11.1. The number of halogens is 2. The van der Waals surface area contributed by atoms with Crippen LogP contribution in [0.1, 0.15) is 45.0 Å². The Labute approximate surface area is 201 Å². The number of hydrogen-bond acceptors (Lipinski definition) is 5. The van der Waals surface area contributed by atoms with Gasteiger partial charge in [0, 0.05) is 53.8 Å². The van der Waals surface area contributed by atoms with Crippen molar-refractivity contribution in [1.29, 1.82) is 0 Å². The lowest BCUT2D eigenvalue weighted by Gasteiger charge is -2.21. The van der Waals surface area contributed by atoms with E-state index in [0.29, 0.717) is 27.8 Å². The van der Waals surface area contributed by atoms with Gasteiger partial charge in [-0.05, 0) is 48.4 Å². The Morgan fingerprint density at radius 1 is 1.21 bits per heavy atom. The maximum atomic E-state index is 15.0. The topological polar surface area (TPSA) is 106 Å². The SMILES string of the molecule is Cc1cc(/C(CC(c2cccc(C(=O)N(C)CCO)c2)c2ccc(Cl)cc2F)=N/O)c[nH]c1=O. The van der Waals surface area contributed by atoms with Crippen molar-refractivity contribution >= 4 is 23.2 Å². The number of aromatic amines is 1. The van der Waals surface area contributed by atoms with Gasteiger partial charge in [0.1, 0.15) is 5.82 Å². The van der Waals surface area contributed by atoms with E-state index in [1.165, 1.54) is 17.2 Å². The van der Waals surface area contributed by atoms with Gasteiger partial charge in [0.05, 0.1) is 12.3 Å². The summed E-state index contributed by atoms with van der Waals surface area (Å²) < 4.78 is 15.0. The van der Waals surface area contributed by atoms with Crippen LogP contribution in [0.5, 0.6) is 0 Å². The highest BCUT2D eigenvalue weighted by Crippen LogP contribution is 2.33. The second-order valence-electron chi connectivity index (χ2n) is 7.95. The van der Waals surface area contributed by atoms with Gasteiger partial charge in [-0.25, -0.2) is 4.39 Å². The Balaban J connectivity index is 2.08. The lowest BCUT2D eigenvalue weighted by molar-refractivity contribution is 0.0767. The van der Waals surface area contributed by atoms with E-state index in [4.69, 9.17) is 16.7 Å². The molecule has 0 bridgehead atoms. The summed E-state index contributed by atoms with van der Waals surface area (Å²) in [5.74, 6) is -1.47. The number of amides is 1. The van der Waals surface area contributed by atoms with Crippen molar-refractivity contribution in [2.45, 2.75) is 19.3 Å². The van der Waals surface area contributed by atoms with E-state index in [1.54, 1.807) is 56.4 Å². The van der Waals surface area contributed by atoms with Gasteiger partial charge in [-0.3, -0.25) is 9.59 Å². The predicted octanol–water partition coefficient (Wildman–Crippen LogP) is 3.94. The van der Waals surface area contributed by atoms with E-state index in [0.717, 1.165) is 0 Å². The first-order valence-corrected chi connectivity index (χ1v) is 10.9. The van der Waals surface area contributed by atoms with Crippen molar-refractivity contribution in [3.63, 3.8) is 0 Å². The molecule has 0 aliphatic heterocycles. The quantitative estimate of drug-likeness (QED) is 0.255. The molecule has 1 atom stereocenters. The molecule has 1 amide bonds. The van der Waals surface area contributed by atoms with E-state index >= 15 is 4.39 Å². The number of aryl methyl sites for hydroxylation is 1. The third kappa shape index (κ3) is 5.70. The standard InChI is InChI=1S/C25H25ClFN3O4/c1-15-10-18(14-28-24(15)32)23(29-34)13-21(20-7-6-19(26)12-22(20)27)16-4-3-5-17(11-16)25(33)30(2)8-9-31/h3-7,10-12,14,21,31,34H,8-9,13H2,1-2H3,(H,28,32)/b29-23+. The molecule has 0 saturated carbocycles. The molecule has 0 radical (unpaired) electrons. The van der Waals surface area contributed by atoms with Crippen molar-refractivity contribution in [2.24, 2.45) is 5.16 Å². The molecule has 178 valence electrons. The Bertz CT molecular complexity index is 1280. The van der Waals surface area contributed by atoms with Crippen LogP contribution in [0.15, 0.2) is 64.7 Å². The van der Waals surface area contributed by atoms with Crippen LogP contribution < -0.4 is 5.56 Å². The van der Waals surface area contributed by atoms with E-state index in [2.05, 4.69) is 10.1 Å². The smallest absolute Gasteiger partial charge is 0.253 e. The maximum absolute atomic E-state index is 15.0. The molecule has 1 aromatic heterocycles. The fraction of sp³-hybridized carbons (Fsp3) is 0.240. The molecule has 3 rings (SSSR count). The van der Waals surface area contributed by atoms with Crippen LogP contribution in [0.4, 0.5) is 4.39 Å². The van der Waals surface area contributed by atoms with Crippen LogP contribution in [-0.4, -0.2) is 52.0 Å². The summed E-state index contributed by atoms with van der Waals surface area (Å²) in [6.45, 7) is 1.63. The Kier molecular flexibility index (Phi) is 8.20. The van der Waals surface area contributed by atoms with Gasteiger partial charge in [-0.15, -0.1) is 0 Å².